The van der Waals surface area contributed by atoms with Gasteiger partial charge in [0.15, 0.2) is 6.10 Å². The summed E-state index contributed by atoms with van der Waals surface area (Å²) < 4.78 is 6.16. The Morgan fingerprint density at radius 1 is 1.07 bits per heavy atom. The van der Waals surface area contributed by atoms with Gasteiger partial charge in [-0.15, -0.1) is 0 Å². The van der Waals surface area contributed by atoms with Crippen LogP contribution < -0.4 is 10.1 Å². The summed E-state index contributed by atoms with van der Waals surface area (Å²) in [4.78, 5) is 13.0. The Kier molecular flexibility index (Phi) is 5.10. The molecule has 0 unspecified atom stereocenters. The van der Waals surface area contributed by atoms with Gasteiger partial charge in [-0.3, -0.25) is 4.79 Å². The fraction of sp³-hybridized carbons (Fsp3) is 0.292. The average molecular weight is 359 g/mol. The monoisotopic (exact) mass is 359 g/mol. The lowest BCUT2D eigenvalue weighted by atomic mass is 9.87. The van der Waals surface area contributed by atoms with E-state index in [9.17, 15) is 4.79 Å². The van der Waals surface area contributed by atoms with Crippen LogP contribution in [0.3, 0.4) is 0 Å². The normalized spacial score (nSPS) is 17.1. The summed E-state index contributed by atoms with van der Waals surface area (Å²) in [7, 11) is 0. The number of ether oxygens (including phenoxy) is 1. The van der Waals surface area contributed by atoms with E-state index >= 15 is 0 Å². The molecule has 1 N–H and O–H groups in total. The Hall–Kier alpha value is -2.81. The molecule has 3 heteroatoms. The van der Waals surface area contributed by atoms with Crippen LogP contribution in [0.5, 0.6) is 5.75 Å². The second kappa shape index (κ2) is 7.83. The summed E-state index contributed by atoms with van der Waals surface area (Å²) >= 11 is 0. The molecule has 0 saturated carbocycles. The maximum atomic E-state index is 13.0. The summed E-state index contributed by atoms with van der Waals surface area (Å²) in [5, 5.41) is 5.38. The van der Waals surface area contributed by atoms with Crippen LogP contribution in [0.25, 0.3) is 10.8 Å². The van der Waals surface area contributed by atoms with Crippen LogP contribution >= 0.6 is 0 Å². The molecule has 1 aliphatic carbocycles. The van der Waals surface area contributed by atoms with Gasteiger partial charge < -0.3 is 10.1 Å². The van der Waals surface area contributed by atoms with E-state index in [1.54, 1.807) is 0 Å². The summed E-state index contributed by atoms with van der Waals surface area (Å²) in [6.07, 6.45) is 3.30. The molecule has 1 aliphatic rings. The van der Waals surface area contributed by atoms with Gasteiger partial charge in [-0.25, -0.2) is 0 Å². The highest BCUT2D eigenvalue weighted by Gasteiger charge is 2.26. The molecule has 138 valence electrons. The summed E-state index contributed by atoms with van der Waals surface area (Å²) in [6, 6.07) is 22.6. The smallest absolute Gasteiger partial charge is 0.261 e. The topological polar surface area (TPSA) is 38.3 Å². The Bertz CT molecular complexity index is 945. The third-order valence-corrected chi connectivity index (χ3v) is 5.37. The van der Waals surface area contributed by atoms with Crippen molar-refractivity contribution >= 4 is 16.7 Å². The highest BCUT2D eigenvalue weighted by atomic mass is 16.5. The van der Waals surface area contributed by atoms with Gasteiger partial charge in [0.1, 0.15) is 5.75 Å². The molecule has 4 rings (SSSR count). The van der Waals surface area contributed by atoms with Crippen LogP contribution in [0.4, 0.5) is 0 Å². The number of carbonyl (C=O) groups is 1. The largest absolute Gasteiger partial charge is 0.480 e. The molecular formula is C24H25NO2. The first-order valence-corrected chi connectivity index (χ1v) is 9.79. The molecule has 3 aromatic rings. The number of hydrogen-bond acceptors (Lipinski definition) is 2. The van der Waals surface area contributed by atoms with E-state index in [-0.39, 0.29) is 11.9 Å². The van der Waals surface area contributed by atoms with Crippen LogP contribution in [0, 0.1) is 0 Å². The number of amides is 1. The molecule has 2 atom stereocenters. The Morgan fingerprint density at radius 3 is 2.74 bits per heavy atom. The van der Waals surface area contributed by atoms with E-state index in [0.717, 1.165) is 35.8 Å². The van der Waals surface area contributed by atoms with Crippen molar-refractivity contribution in [3.8, 4) is 5.75 Å². The minimum atomic E-state index is -0.495. The van der Waals surface area contributed by atoms with Crippen molar-refractivity contribution < 1.29 is 9.53 Å². The minimum absolute atomic E-state index is 0.0351. The third-order valence-electron chi connectivity index (χ3n) is 5.37. The quantitative estimate of drug-likeness (QED) is 0.681. The van der Waals surface area contributed by atoms with Crippen molar-refractivity contribution in [1.82, 2.24) is 5.32 Å². The molecule has 0 fully saturated rings. The lowest BCUT2D eigenvalue weighted by Gasteiger charge is -2.28. The molecule has 0 bridgehead atoms. The van der Waals surface area contributed by atoms with E-state index in [1.807, 2.05) is 43.3 Å². The summed E-state index contributed by atoms with van der Waals surface area (Å²) in [5.74, 6) is 0.728. The fourth-order valence-corrected chi connectivity index (χ4v) is 3.94. The van der Waals surface area contributed by atoms with E-state index in [2.05, 4.69) is 35.6 Å². The molecule has 1 amide bonds. The zero-order valence-corrected chi connectivity index (χ0v) is 15.7. The highest BCUT2D eigenvalue weighted by molar-refractivity contribution is 5.89. The average Bonchev–Trinajstić information content (AvgIpc) is 2.72. The van der Waals surface area contributed by atoms with Crippen LogP contribution in [0.2, 0.25) is 0 Å². The standard InChI is InChI=1S/C24H25NO2/c1-2-22(27-23-16-8-12-18-10-4-6-14-20(18)23)24(26)25-21-15-7-11-17-9-3-5-13-19(17)21/h3-6,8-10,12-14,16,21-22H,2,7,11,15H2,1H3,(H,25,26)/t21-,22+/m1/s1. The molecule has 0 aliphatic heterocycles. The van der Waals surface area contributed by atoms with Gasteiger partial charge >= 0.3 is 0 Å². The van der Waals surface area contributed by atoms with E-state index in [1.165, 1.54) is 11.1 Å². The van der Waals surface area contributed by atoms with Gasteiger partial charge in [-0.2, -0.15) is 0 Å². The van der Waals surface area contributed by atoms with E-state index in [0.29, 0.717) is 6.42 Å². The van der Waals surface area contributed by atoms with Gasteiger partial charge in [0.2, 0.25) is 0 Å². The first-order chi connectivity index (χ1) is 13.3. The number of carbonyl (C=O) groups excluding carboxylic acids is 1. The van der Waals surface area contributed by atoms with Crippen molar-refractivity contribution in [2.75, 3.05) is 0 Å². The number of fused-ring (bicyclic) bond motifs is 2. The van der Waals surface area contributed by atoms with E-state index < -0.39 is 6.10 Å². The van der Waals surface area contributed by atoms with Gasteiger partial charge in [0.05, 0.1) is 6.04 Å². The SMILES string of the molecule is CC[C@H](Oc1cccc2ccccc12)C(=O)N[C@@H]1CCCc2ccccc21. The highest BCUT2D eigenvalue weighted by Crippen LogP contribution is 2.30. The van der Waals surface area contributed by atoms with Gasteiger partial charge in [-0.05, 0) is 48.3 Å². The van der Waals surface area contributed by atoms with Crippen molar-refractivity contribution in [2.45, 2.75) is 44.8 Å². The number of benzene rings is 3. The first-order valence-electron chi connectivity index (χ1n) is 9.79. The number of rotatable bonds is 5. The predicted octanol–water partition coefficient (Wildman–Crippen LogP) is 5.19. The maximum absolute atomic E-state index is 13.0. The number of hydrogen-bond donors (Lipinski definition) is 1. The summed E-state index contributed by atoms with van der Waals surface area (Å²) in [6.45, 7) is 1.99. The van der Waals surface area contributed by atoms with E-state index in [4.69, 9.17) is 4.74 Å². The fourth-order valence-electron chi connectivity index (χ4n) is 3.94. The second-order valence-corrected chi connectivity index (χ2v) is 7.14. The first kappa shape index (κ1) is 17.6. The molecule has 0 radical (unpaired) electrons. The van der Waals surface area contributed by atoms with Crippen LogP contribution in [0.15, 0.2) is 66.7 Å². The molecule has 0 saturated heterocycles. The van der Waals surface area contributed by atoms with Crippen LogP contribution in [-0.2, 0) is 11.2 Å². The zero-order valence-electron chi connectivity index (χ0n) is 15.7. The molecule has 0 heterocycles. The number of nitrogens with one attached hydrogen (secondary N) is 1. The molecule has 0 spiro atoms. The number of aryl methyl sites for hydroxylation is 1. The van der Waals surface area contributed by atoms with Crippen LogP contribution in [-0.4, -0.2) is 12.0 Å². The van der Waals surface area contributed by atoms with Crippen molar-refractivity contribution in [3.63, 3.8) is 0 Å². The molecular weight excluding hydrogens is 334 g/mol. The van der Waals surface area contributed by atoms with Gasteiger partial charge in [-0.1, -0.05) is 67.6 Å². The van der Waals surface area contributed by atoms with Crippen molar-refractivity contribution in [2.24, 2.45) is 0 Å². The zero-order chi connectivity index (χ0) is 18.6. The van der Waals surface area contributed by atoms with Gasteiger partial charge in [0.25, 0.3) is 5.91 Å². The van der Waals surface area contributed by atoms with Crippen LogP contribution in [0.1, 0.15) is 43.4 Å². The molecule has 27 heavy (non-hydrogen) atoms. The Balaban J connectivity index is 1.52. The molecule has 0 aromatic heterocycles. The maximum Gasteiger partial charge on any atom is 0.261 e. The Morgan fingerprint density at radius 2 is 1.85 bits per heavy atom. The third kappa shape index (κ3) is 3.68. The van der Waals surface area contributed by atoms with Crippen molar-refractivity contribution in [3.05, 3.63) is 77.9 Å². The van der Waals surface area contributed by atoms with Crippen molar-refractivity contribution in [1.29, 1.82) is 0 Å². The minimum Gasteiger partial charge on any atom is -0.480 e. The lowest BCUT2D eigenvalue weighted by molar-refractivity contribution is -0.129. The Labute approximate surface area is 160 Å². The lowest BCUT2D eigenvalue weighted by Crippen LogP contribution is -2.41. The predicted molar refractivity (Wildman–Crippen MR) is 109 cm³/mol. The molecule has 3 nitrogen and oxygen atoms in total. The summed E-state index contributed by atoms with van der Waals surface area (Å²) in [5.41, 5.74) is 2.59. The second-order valence-electron chi connectivity index (χ2n) is 7.14. The van der Waals surface area contributed by atoms with Gasteiger partial charge in [0, 0.05) is 5.39 Å². The molecule has 3 aromatic carbocycles.